The molecule has 2 aliphatic rings. The maximum absolute atomic E-state index is 14.5. The molecule has 11 nitrogen and oxygen atoms in total. The van der Waals surface area contributed by atoms with E-state index < -0.39 is 23.5 Å². The molecule has 50 heavy (non-hydrogen) atoms. The van der Waals surface area contributed by atoms with Crippen LogP contribution in [0.2, 0.25) is 0 Å². The number of halogens is 4. The number of aromatic amines is 1. The van der Waals surface area contributed by atoms with Crippen LogP contribution in [0.5, 0.6) is 0 Å². The van der Waals surface area contributed by atoms with Gasteiger partial charge in [0, 0.05) is 63.8 Å². The van der Waals surface area contributed by atoms with E-state index in [1.807, 2.05) is 14.0 Å². The van der Waals surface area contributed by atoms with E-state index in [-0.39, 0.29) is 28.7 Å². The highest BCUT2D eigenvalue weighted by Crippen LogP contribution is 2.41. The number of anilines is 2. The van der Waals surface area contributed by atoms with Crippen molar-refractivity contribution in [3.05, 3.63) is 48.0 Å². The molecule has 4 heterocycles. The van der Waals surface area contributed by atoms with Gasteiger partial charge >= 0.3 is 12.1 Å². The molecule has 0 amide bonds. The van der Waals surface area contributed by atoms with Gasteiger partial charge in [-0.2, -0.15) is 13.2 Å². The molecule has 268 valence electrons. The van der Waals surface area contributed by atoms with Crippen LogP contribution in [0.25, 0.3) is 33.9 Å². The van der Waals surface area contributed by atoms with Crippen molar-refractivity contribution < 1.29 is 32.2 Å². The van der Waals surface area contributed by atoms with Crippen molar-refractivity contribution in [2.75, 3.05) is 69.3 Å². The van der Waals surface area contributed by atoms with Gasteiger partial charge in [0.2, 0.25) is 0 Å². The molecule has 3 aromatic heterocycles. The third-order valence-corrected chi connectivity index (χ3v) is 9.66. The number of H-pyrrole nitrogens is 1. The number of hydrogen-bond acceptors (Lipinski definition) is 9. The quantitative estimate of drug-likeness (QED) is 0.155. The summed E-state index contributed by atoms with van der Waals surface area (Å²) in [7, 11) is 1.93. The van der Waals surface area contributed by atoms with Crippen molar-refractivity contribution >= 4 is 28.6 Å². The fraction of sp³-hybridized carbons (Fsp3) is 0.514. The normalized spacial score (nSPS) is 16.7. The third kappa shape index (κ3) is 8.15. The SMILES string of the molecule is CCOCC1(CN(C)c2cc(-c3cc(F)cc(C(F)(F)F)c3)nc3nc(-c4cnc(N5CCN(CCCC(=O)O)CC5)cn4)[nH]c23)CCCC1. The summed E-state index contributed by atoms with van der Waals surface area (Å²) in [5.41, 5.74) is 0.935. The molecule has 1 aliphatic heterocycles. The lowest BCUT2D eigenvalue weighted by Crippen LogP contribution is -2.47. The molecule has 1 aliphatic carbocycles. The Labute approximate surface area is 287 Å². The molecule has 6 rings (SSSR count). The third-order valence-electron chi connectivity index (χ3n) is 9.66. The Hall–Kier alpha value is -4.37. The molecule has 0 radical (unpaired) electrons. The van der Waals surface area contributed by atoms with E-state index in [1.165, 1.54) is 0 Å². The predicted octanol–water partition coefficient (Wildman–Crippen LogP) is 6.26. The van der Waals surface area contributed by atoms with Gasteiger partial charge in [0.25, 0.3) is 0 Å². The second kappa shape index (κ2) is 14.9. The van der Waals surface area contributed by atoms with Gasteiger partial charge in [0.15, 0.2) is 11.5 Å². The number of ether oxygens (including phenoxy) is 1. The van der Waals surface area contributed by atoms with Crippen molar-refractivity contribution in [2.24, 2.45) is 5.41 Å². The van der Waals surface area contributed by atoms with Crippen molar-refractivity contribution in [1.82, 2.24) is 29.8 Å². The number of aromatic nitrogens is 5. The minimum absolute atomic E-state index is 0.00514. The first-order valence-corrected chi connectivity index (χ1v) is 17.0. The summed E-state index contributed by atoms with van der Waals surface area (Å²) in [4.78, 5) is 39.2. The largest absolute Gasteiger partial charge is 0.481 e. The van der Waals surface area contributed by atoms with Gasteiger partial charge in [0.1, 0.15) is 22.8 Å². The highest BCUT2D eigenvalue weighted by Gasteiger charge is 2.36. The van der Waals surface area contributed by atoms with E-state index in [1.54, 1.807) is 18.5 Å². The number of rotatable bonds is 13. The summed E-state index contributed by atoms with van der Waals surface area (Å²) in [6.45, 7) is 7.59. The topological polar surface area (TPSA) is 124 Å². The summed E-state index contributed by atoms with van der Waals surface area (Å²) in [5, 5.41) is 8.90. The monoisotopic (exact) mass is 698 g/mol. The molecular weight excluding hydrogens is 656 g/mol. The first-order valence-electron chi connectivity index (χ1n) is 17.0. The highest BCUT2D eigenvalue weighted by molar-refractivity contribution is 5.91. The summed E-state index contributed by atoms with van der Waals surface area (Å²) in [5.74, 6) is -0.699. The molecule has 2 N–H and O–H groups in total. The lowest BCUT2D eigenvalue weighted by molar-refractivity contribution is -0.138. The number of nitrogens with zero attached hydrogens (tertiary/aromatic N) is 7. The Morgan fingerprint density at radius 3 is 2.46 bits per heavy atom. The van der Waals surface area contributed by atoms with Crippen molar-refractivity contribution in [1.29, 1.82) is 0 Å². The smallest absolute Gasteiger partial charge is 0.416 e. The number of piperazine rings is 1. The van der Waals surface area contributed by atoms with Gasteiger partial charge in [-0.3, -0.25) is 9.69 Å². The van der Waals surface area contributed by atoms with E-state index in [2.05, 4.69) is 34.6 Å². The van der Waals surface area contributed by atoms with Crippen LogP contribution in [-0.2, 0) is 15.7 Å². The van der Waals surface area contributed by atoms with E-state index in [4.69, 9.17) is 14.8 Å². The zero-order valence-electron chi connectivity index (χ0n) is 28.3. The molecule has 2 fully saturated rings. The first-order chi connectivity index (χ1) is 23.9. The number of nitrogens with one attached hydrogen (secondary N) is 1. The number of aliphatic carboxylic acids is 1. The number of benzene rings is 1. The lowest BCUT2D eigenvalue weighted by Gasteiger charge is -2.35. The Bertz CT molecular complexity index is 1790. The maximum atomic E-state index is 14.5. The molecular formula is C35H42F4N8O3. The van der Waals surface area contributed by atoms with Gasteiger partial charge in [0.05, 0.1) is 35.9 Å². The van der Waals surface area contributed by atoms with E-state index in [0.717, 1.165) is 70.5 Å². The Kier molecular flexibility index (Phi) is 10.5. The summed E-state index contributed by atoms with van der Waals surface area (Å²) in [6, 6.07) is 4.11. The number of fused-ring (bicyclic) bond motifs is 1. The molecule has 4 aromatic rings. The average Bonchev–Trinajstić information content (AvgIpc) is 3.74. The molecule has 1 saturated heterocycles. The first kappa shape index (κ1) is 35.5. The Morgan fingerprint density at radius 2 is 1.80 bits per heavy atom. The number of alkyl halides is 3. The summed E-state index contributed by atoms with van der Waals surface area (Å²) < 4.78 is 61.4. The average molecular weight is 699 g/mol. The number of hydrogen-bond donors (Lipinski definition) is 2. The minimum atomic E-state index is -4.73. The number of imidazole rings is 1. The standard InChI is InChI=1S/C35H42F4N8O3/c1-3-50-22-34(8-4-5-9-34)21-45(2)28-18-26(23-15-24(35(37,38)39)17-25(36)16-23)42-33-31(28)43-32(44-33)27-19-41-29(20-40-27)47-13-11-46(12-14-47)10-6-7-30(48)49/h15-20H,3-14,21-22H2,1-2H3,(H,48,49)(H,42,43,44). The molecule has 1 saturated carbocycles. The van der Waals surface area contributed by atoms with Gasteiger partial charge in [-0.25, -0.2) is 24.3 Å². The van der Waals surface area contributed by atoms with Gasteiger partial charge in [-0.1, -0.05) is 12.8 Å². The van der Waals surface area contributed by atoms with E-state index >= 15 is 0 Å². The molecule has 0 unspecified atom stereocenters. The van der Waals surface area contributed by atoms with E-state index in [0.29, 0.717) is 60.8 Å². The van der Waals surface area contributed by atoms with Crippen LogP contribution in [-0.4, -0.2) is 100 Å². The molecule has 0 atom stereocenters. The van der Waals surface area contributed by atoms with Crippen LogP contribution in [0, 0.1) is 11.2 Å². The number of carboxylic acid groups (broad SMARTS) is 1. The maximum Gasteiger partial charge on any atom is 0.416 e. The molecule has 15 heteroatoms. The number of carboxylic acids is 1. The van der Waals surface area contributed by atoms with Gasteiger partial charge in [-0.15, -0.1) is 0 Å². The Balaban J connectivity index is 1.30. The molecule has 0 spiro atoms. The lowest BCUT2D eigenvalue weighted by atomic mass is 9.86. The molecule has 0 bridgehead atoms. The zero-order valence-corrected chi connectivity index (χ0v) is 28.3. The summed E-state index contributed by atoms with van der Waals surface area (Å²) in [6.07, 6.45) is 3.50. The van der Waals surface area contributed by atoms with Crippen molar-refractivity contribution in [3.63, 3.8) is 0 Å². The van der Waals surface area contributed by atoms with Crippen molar-refractivity contribution in [3.8, 4) is 22.8 Å². The number of pyridine rings is 1. The van der Waals surface area contributed by atoms with Gasteiger partial charge in [-0.05, 0) is 57.0 Å². The van der Waals surface area contributed by atoms with Crippen LogP contribution >= 0.6 is 0 Å². The minimum Gasteiger partial charge on any atom is -0.481 e. The summed E-state index contributed by atoms with van der Waals surface area (Å²) >= 11 is 0. The molecule has 1 aromatic carbocycles. The second-order valence-electron chi connectivity index (χ2n) is 13.3. The van der Waals surface area contributed by atoms with Crippen molar-refractivity contribution in [2.45, 2.75) is 51.6 Å². The van der Waals surface area contributed by atoms with Crippen LogP contribution in [0.1, 0.15) is 51.0 Å². The van der Waals surface area contributed by atoms with Crippen LogP contribution in [0.4, 0.5) is 29.1 Å². The Morgan fingerprint density at radius 1 is 1.04 bits per heavy atom. The predicted molar refractivity (Wildman–Crippen MR) is 181 cm³/mol. The van der Waals surface area contributed by atoms with Gasteiger partial charge < -0.3 is 24.6 Å². The zero-order chi connectivity index (χ0) is 35.5. The fourth-order valence-corrected chi connectivity index (χ4v) is 7.08. The van der Waals surface area contributed by atoms with E-state index in [9.17, 15) is 22.4 Å². The highest BCUT2D eigenvalue weighted by atomic mass is 19.4. The number of carbonyl (C=O) groups is 1. The second-order valence-corrected chi connectivity index (χ2v) is 13.3. The van der Waals surface area contributed by atoms with Crippen LogP contribution < -0.4 is 9.80 Å². The fourth-order valence-electron chi connectivity index (χ4n) is 7.08. The van der Waals surface area contributed by atoms with Crippen LogP contribution in [0.15, 0.2) is 36.7 Å². The van der Waals surface area contributed by atoms with Crippen LogP contribution in [0.3, 0.4) is 0 Å².